The van der Waals surface area contributed by atoms with E-state index >= 15 is 0 Å². The van der Waals surface area contributed by atoms with Crippen LogP contribution >= 0.6 is 0 Å². The zero-order valence-electron chi connectivity index (χ0n) is 18.8. The van der Waals surface area contributed by atoms with Gasteiger partial charge in [-0.3, -0.25) is 20.4 Å². The van der Waals surface area contributed by atoms with Crippen molar-refractivity contribution in [2.45, 2.75) is 4.90 Å². The van der Waals surface area contributed by atoms with E-state index in [0.29, 0.717) is 5.75 Å². The van der Waals surface area contributed by atoms with Crippen LogP contribution in [0.2, 0.25) is 0 Å². The van der Waals surface area contributed by atoms with Crippen LogP contribution in [-0.4, -0.2) is 57.4 Å². The Hall–Kier alpha value is -3.73. The van der Waals surface area contributed by atoms with Gasteiger partial charge in [-0.2, -0.15) is 4.31 Å². The van der Waals surface area contributed by atoms with E-state index in [1.54, 1.807) is 24.3 Å². The van der Waals surface area contributed by atoms with E-state index in [9.17, 15) is 18.0 Å². The molecule has 1 heterocycles. The number of amides is 2. The predicted molar refractivity (Wildman–Crippen MR) is 129 cm³/mol. The summed E-state index contributed by atoms with van der Waals surface area (Å²) in [7, 11) is -3.90. The number of carbonyl (C=O) groups is 2. The molecule has 3 aromatic rings. The number of hydrogen-bond acceptors (Lipinski definition) is 6. The van der Waals surface area contributed by atoms with Gasteiger partial charge in [0.2, 0.25) is 10.0 Å². The molecule has 9 nitrogen and oxygen atoms in total. The zero-order chi connectivity index (χ0) is 24.7. The Labute approximate surface area is 203 Å². The number of ether oxygens (including phenoxy) is 2. The minimum atomic E-state index is -3.90. The van der Waals surface area contributed by atoms with Crippen LogP contribution < -0.4 is 15.6 Å². The lowest BCUT2D eigenvalue weighted by Crippen LogP contribution is -2.45. The molecule has 0 aliphatic carbocycles. The summed E-state index contributed by atoms with van der Waals surface area (Å²) >= 11 is 0. The second-order valence-corrected chi connectivity index (χ2v) is 9.57. The molecule has 0 radical (unpaired) electrons. The van der Waals surface area contributed by atoms with Crippen molar-refractivity contribution in [3.05, 3.63) is 84.4 Å². The maximum atomic E-state index is 13.0. The molecular formula is C25H25N3O6S. The number of rotatable bonds is 7. The van der Waals surface area contributed by atoms with Crippen molar-refractivity contribution in [1.82, 2.24) is 15.2 Å². The first-order valence-electron chi connectivity index (χ1n) is 11.0. The van der Waals surface area contributed by atoms with Crippen LogP contribution in [0.15, 0.2) is 83.8 Å². The third-order valence-corrected chi connectivity index (χ3v) is 7.32. The van der Waals surface area contributed by atoms with Crippen molar-refractivity contribution >= 4 is 21.8 Å². The number of nitrogens with zero attached hydrogens (tertiary/aromatic N) is 1. The van der Waals surface area contributed by atoms with Gasteiger partial charge in [-0.1, -0.05) is 60.7 Å². The molecule has 1 aliphatic heterocycles. The maximum absolute atomic E-state index is 13.0. The summed E-state index contributed by atoms with van der Waals surface area (Å²) in [6.07, 6.45) is 0. The number of benzene rings is 3. The lowest BCUT2D eigenvalue weighted by atomic mass is 10.1. The van der Waals surface area contributed by atoms with Gasteiger partial charge in [0, 0.05) is 18.7 Å². The first-order chi connectivity index (χ1) is 17.0. The summed E-state index contributed by atoms with van der Waals surface area (Å²) in [6.45, 7) is 0.638. The molecule has 0 saturated carbocycles. The standard InChI is InChI=1S/C25H25N3O6S/c29-24(18-34-22-12-6-4-10-20(22)19-8-2-1-3-9-19)26-27-25(30)21-11-5-7-13-23(21)35(31,32)28-14-16-33-17-15-28/h1-13H,14-18H2,(H,26,29)(H,27,30). The van der Waals surface area contributed by atoms with Crippen molar-refractivity contribution < 1.29 is 27.5 Å². The average molecular weight is 496 g/mol. The van der Waals surface area contributed by atoms with E-state index in [4.69, 9.17) is 9.47 Å². The normalized spacial score (nSPS) is 14.2. The summed E-state index contributed by atoms with van der Waals surface area (Å²) < 4.78 is 38.2. The Morgan fingerprint density at radius 2 is 1.51 bits per heavy atom. The number of hydrogen-bond donors (Lipinski definition) is 2. The van der Waals surface area contributed by atoms with Gasteiger partial charge in [0.15, 0.2) is 6.61 Å². The molecule has 0 bridgehead atoms. The molecule has 1 fully saturated rings. The second-order valence-electron chi connectivity index (χ2n) is 7.67. The highest BCUT2D eigenvalue weighted by molar-refractivity contribution is 7.89. The number of morpholine rings is 1. The van der Waals surface area contributed by atoms with Gasteiger partial charge in [-0.05, 0) is 23.8 Å². The van der Waals surface area contributed by atoms with E-state index < -0.39 is 21.8 Å². The van der Waals surface area contributed by atoms with Crippen molar-refractivity contribution in [1.29, 1.82) is 0 Å². The molecule has 1 aliphatic rings. The average Bonchev–Trinajstić information content (AvgIpc) is 2.91. The highest BCUT2D eigenvalue weighted by atomic mass is 32.2. The summed E-state index contributed by atoms with van der Waals surface area (Å²) in [5.74, 6) is -0.840. The topological polar surface area (TPSA) is 114 Å². The van der Waals surface area contributed by atoms with Gasteiger partial charge in [0.1, 0.15) is 5.75 Å². The quantitative estimate of drug-likeness (QED) is 0.486. The van der Waals surface area contributed by atoms with E-state index in [1.165, 1.54) is 16.4 Å². The van der Waals surface area contributed by atoms with E-state index in [0.717, 1.165) is 11.1 Å². The lowest BCUT2D eigenvalue weighted by Gasteiger charge is -2.26. The van der Waals surface area contributed by atoms with Gasteiger partial charge < -0.3 is 9.47 Å². The van der Waals surface area contributed by atoms with Crippen LogP contribution in [0.1, 0.15) is 10.4 Å². The highest BCUT2D eigenvalue weighted by Crippen LogP contribution is 2.29. The fourth-order valence-corrected chi connectivity index (χ4v) is 5.22. The van der Waals surface area contributed by atoms with Crippen LogP contribution in [0.5, 0.6) is 5.75 Å². The van der Waals surface area contributed by atoms with Gasteiger partial charge in [0.05, 0.1) is 23.7 Å². The first-order valence-corrected chi connectivity index (χ1v) is 12.4. The second kappa shape index (κ2) is 11.1. The Balaban J connectivity index is 1.39. The van der Waals surface area contributed by atoms with Crippen LogP contribution in [0.25, 0.3) is 11.1 Å². The maximum Gasteiger partial charge on any atom is 0.276 e. The minimum Gasteiger partial charge on any atom is -0.483 e. The minimum absolute atomic E-state index is 0.0744. The lowest BCUT2D eigenvalue weighted by molar-refractivity contribution is -0.123. The number of nitrogens with one attached hydrogen (secondary N) is 2. The molecule has 1 saturated heterocycles. The number of hydrazine groups is 1. The monoisotopic (exact) mass is 495 g/mol. The molecule has 35 heavy (non-hydrogen) atoms. The van der Waals surface area contributed by atoms with Crippen LogP contribution in [0.4, 0.5) is 0 Å². The summed E-state index contributed by atoms with van der Waals surface area (Å²) in [6, 6.07) is 22.8. The van der Waals surface area contributed by atoms with Gasteiger partial charge in [-0.25, -0.2) is 8.42 Å². The third kappa shape index (κ3) is 5.86. The molecule has 0 aromatic heterocycles. The Morgan fingerprint density at radius 3 is 2.29 bits per heavy atom. The third-order valence-electron chi connectivity index (χ3n) is 5.37. The molecule has 0 atom stereocenters. The first kappa shape index (κ1) is 24.4. The summed E-state index contributed by atoms with van der Waals surface area (Å²) in [5.41, 5.74) is 6.24. The molecule has 0 spiro atoms. The SMILES string of the molecule is O=C(COc1ccccc1-c1ccccc1)NNC(=O)c1ccccc1S(=O)(=O)N1CCOCC1. The van der Waals surface area contributed by atoms with Crippen LogP contribution in [0, 0.1) is 0 Å². The molecule has 10 heteroatoms. The zero-order valence-corrected chi connectivity index (χ0v) is 19.7. The fourth-order valence-electron chi connectivity index (χ4n) is 3.63. The smallest absolute Gasteiger partial charge is 0.276 e. The Bertz CT molecular complexity index is 1290. The predicted octanol–water partition coefficient (Wildman–Crippen LogP) is 2.21. The van der Waals surface area contributed by atoms with Crippen molar-refractivity contribution in [2.24, 2.45) is 0 Å². The number of para-hydroxylation sites is 1. The fraction of sp³-hybridized carbons (Fsp3) is 0.200. The van der Waals surface area contributed by atoms with Gasteiger partial charge in [-0.15, -0.1) is 0 Å². The summed E-state index contributed by atoms with van der Waals surface area (Å²) in [5, 5.41) is 0. The number of sulfonamides is 1. The van der Waals surface area contributed by atoms with Crippen molar-refractivity contribution in [2.75, 3.05) is 32.9 Å². The van der Waals surface area contributed by atoms with E-state index in [-0.39, 0.29) is 43.4 Å². The molecule has 4 rings (SSSR count). The highest BCUT2D eigenvalue weighted by Gasteiger charge is 2.30. The molecule has 2 amide bonds. The van der Waals surface area contributed by atoms with E-state index in [1.807, 2.05) is 42.5 Å². The van der Waals surface area contributed by atoms with Crippen molar-refractivity contribution in [3.63, 3.8) is 0 Å². The van der Waals surface area contributed by atoms with E-state index in [2.05, 4.69) is 10.9 Å². The molecule has 182 valence electrons. The summed E-state index contributed by atoms with van der Waals surface area (Å²) in [4.78, 5) is 24.9. The van der Waals surface area contributed by atoms with Gasteiger partial charge >= 0.3 is 0 Å². The Morgan fingerprint density at radius 1 is 0.857 bits per heavy atom. The number of carbonyl (C=O) groups excluding carboxylic acids is 2. The van der Waals surface area contributed by atoms with Crippen molar-refractivity contribution in [3.8, 4) is 16.9 Å². The van der Waals surface area contributed by atoms with Gasteiger partial charge in [0.25, 0.3) is 11.8 Å². The van der Waals surface area contributed by atoms with Crippen LogP contribution in [0.3, 0.4) is 0 Å². The van der Waals surface area contributed by atoms with Crippen LogP contribution in [-0.2, 0) is 19.6 Å². The largest absolute Gasteiger partial charge is 0.483 e. The Kier molecular flexibility index (Phi) is 7.76. The molecule has 3 aromatic carbocycles. The molecular weight excluding hydrogens is 470 g/mol. The molecule has 0 unspecified atom stereocenters. The molecule has 2 N–H and O–H groups in total.